The Labute approximate surface area is 328 Å². The van der Waals surface area contributed by atoms with Crippen molar-refractivity contribution >= 4 is 16.9 Å². The highest BCUT2D eigenvalue weighted by Crippen LogP contribution is 2.65. The van der Waals surface area contributed by atoms with Crippen LogP contribution in [0.4, 0.5) is 0 Å². The van der Waals surface area contributed by atoms with Crippen LogP contribution < -0.4 is 19.6 Å². The molecule has 3 saturated carbocycles. The van der Waals surface area contributed by atoms with E-state index < -0.39 is 0 Å². The number of rotatable bonds is 13. The van der Waals surface area contributed by atoms with Gasteiger partial charge >= 0.3 is 5.97 Å². The van der Waals surface area contributed by atoms with Crippen LogP contribution in [0.3, 0.4) is 0 Å². The van der Waals surface area contributed by atoms with Crippen molar-refractivity contribution < 1.29 is 28.2 Å². The summed E-state index contributed by atoms with van der Waals surface area (Å²) in [5.41, 5.74) is 2.29. The molecule has 1 aromatic heterocycles. The van der Waals surface area contributed by atoms with Crippen molar-refractivity contribution in [2.45, 2.75) is 132 Å². The van der Waals surface area contributed by atoms with Gasteiger partial charge in [0.25, 0.3) is 0 Å². The van der Waals surface area contributed by atoms with Crippen LogP contribution in [0, 0.1) is 53.3 Å². The minimum atomic E-state index is -0.372. The lowest BCUT2D eigenvalue weighted by atomic mass is 9.44. The van der Waals surface area contributed by atoms with Crippen LogP contribution in [-0.4, -0.2) is 25.3 Å². The molecule has 7 rings (SSSR count). The van der Waals surface area contributed by atoms with Crippen LogP contribution in [0.2, 0.25) is 0 Å². The second kappa shape index (κ2) is 16.4. The second-order valence-electron chi connectivity index (χ2n) is 18.4. The third kappa shape index (κ3) is 8.37. The van der Waals surface area contributed by atoms with Crippen molar-refractivity contribution in [3.05, 3.63) is 70.1 Å². The van der Waals surface area contributed by atoms with E-state index in [1.807, 2.05) is 6.92 Å². The van der Waals surface area contributed by atoms with Crippen LogP contribution >= 0.6 is 0 Å². The number of aryl methyl sites for hydroxylation is 1. The monoisotopic (exact) mass is 752 g/mol. The molecule has 0 saturated heterocycles. The van der Waals surface area contributed by atoms with Crippen molar-refractivity contribution in [3.63, 3.8) is 0 Å². The Kier molecular flexibility index (Phi) is 11.8. The molecule has 0 unspecified atom stereocenters. The zero-order valence-corrected chi connectivity index (χ0v) is 34.4. The zero-order valence-electron chi connectivity index (χ0n) is 34.4. The third-order valence-electron chi connectivity index (χ3n) is 14.4. The summed E-state index contributed by atoms with van der Waals surface area (Å²) < 4.78 is 29.3. The van der Waals surface area contributed by atoms with Gasteiger partial charge in [-0.1, -0.05) is 65.5 Å². The first-order chi connectivity index (χ1) is 26.4. The number of allylic oxidation sites excluding steroid dienone is 1. The third-order valence-corrected chi connectivity index (χ3v) is 14.4. The zero-order chi connectivity index (χ0) is 38.9. The van der Waals surface area contributed by atoms with E-state index in [1.54, 1.807) is 49.4 Å². The summed E-state index contributed by atoms with van der Waals surface area (Å²) in [4.78, 5) is 26.4. The Hall–Kier alpha value is -3.74. The molecular formula is C48H64O7. The van der Waals surface area contributed by atoms with E-state index in [0.29, 0.717) is 40.3 Å². The number of carbonyl (C=O) groups is 1. The van der Waals surface area contributed by atoms with E-state index in [-0.39, 0.29) is 35.3 Å². The van der Waals surface area contributed by atoms with Gasteiger partial charge in [0.05, 0.1) is 12.0 Å². The highest BCUT2D eigenvalue weighted by Gasteiger charge is 2.56. The number of esters is 1. The van der Waals surface area contributed by atoms with Crippen molar-refractivity contribution in [1.82, 2.24) is 0 Å². The minimum absolute atomic E-state index is 0.125. The Morgan fingerprint density at radius 3 is 2.44 bits per heavy atom. The molecule has 3 aromatic rings. The fourth-order valence-corrected chi connectivity index (χ4v) is 11.3. The molecule has 7 nitrogen and oxygen atoms in total. The molecule has 1 heterocycles. The number of carbonyl (C=O) groups excluding carboxylic acids is 1. The highest BCUT2D eigenvalue weighted by molar-refractivity contribution is 5.80. The van der Waals surface area contributed by atoms with Gasteiger partial charge in [0.2, 0.25) is 11.2 Å². The maximum Gasteiger partial charge on any atom is 0.344 e. The maximum atomic E-state index is 13.3. The summed E-state index contributed by atoms with van der Waals surface area (Å²) in [5.74, 6) is 6.67. The quantitative estimate of drug-likeness (QED) is 0.127. The van der Waals surface area contributed by atoms with Crippen molar-refractivity contribution in [1.29, 1.82) is 0 Å². The van der Waals surface area contributed by atoms with Crippen LogP contribution in [0.5, 0.6) is 23.0 Å². The summed E-state index contributed by atoms with van der Waals surface area (Å²) in [6.07, 6.45) is 17.5. The summed E-state index contributed by atoms with van der Waals surface area (Å²) in [5, 5.41) is 0.368. The van der Waals surface area contributed by atoms with Gasteiger partial charge in [-0.25, -0.2) is 4.79 Å². The van der Waals surface area contributed by atoms with Crippen molar-refractivity contribution in [2.75, 3.05) is 13.2 Å². The Balaban J connectivity index is 0.925. The van der Waals surface area contributed by atoms with E-state index in [1.165, 1.54) is 63.4 Å². The van der Waals surface area contributed by atoms with Gasteiger partial charge in [-0.15, -0.1) is 0 Å². The van der Waals surface area contributed by atoms with Crippen LogP contribution in [0.25, 0.3) is 11.0 Å². The predicted octanol–water partition coefficient (Wildman–Crippen LogP) is 12.0. The van der Waals surface area contributed by atoms with Crippen LogP contribution in [0.1, 0.15) is 124 Å². The second-order valence-corrected chi connectivity index (χ2v) is 18.4. The summed E-state index contributed by atoms with van der Waals surface area (Å²) in [6, 6.07) is 12.1. The molecule has 7 heteroatoms. The lowest BCUT2D eigenvalue weighted by molar-refractivity contribution is -0.154. The molecule has 0 amide bonds. The number of ether oxygens (including phenoxy) is 4. The van der Waals surface area contributed by atoms with E-state index in [0.717, 1.165) is 60.5 Å². The fourth-order valence-electron chi connectivity index (χ4n) is 11.3. The van der Waals surface area contributed by atoms with Gasteiger partial charge in [-0.05, 0) is 148 Å². The molecule has 0 aliphatic heterocycles. The van der Waals surface area contributed by atoms with Gasteiger partial charge in [0.15, 0.2) is 6.61 Å². The molecule has 4 aliphatic carbocycles. The molecule has 0 N–H and O–H groups in total. The minimum Gasteiger partial charge on any atom is -0.494 e. The molecule has 298 valence electrons. The van der Waals surface area contributed by atoms with Gasteiger partial charge in [0, 0.05) is 12.5 Å². The normalized spacial score (nSPS) is 29.4. The molecule has 0 bridgehead atoms. The fraction of sp³-hybridized carbons (Fsp3) is 0.625. The van der Waals surface area contributed by atoms with Crippen LogP contribution in [-0.2, 0) is 9.53 Å². The molecule has 8 atom stereocenters. The van der Waals surface area contributed by atoms with Gasteiger partial charge in [-0.2, -0.15) is 0 Å². The van der Waals surface area contributed by atoms with Crippen molar-refractivity contribution in [3.8, 4) is 23.0 Å². The summed E-state index contributed by atoms with van der Waals surface area (Å²) in [6.45, 7) is 16.4. The first kappa shape index (κ1) is 39.5. The summed E-state index contributed by atoms with van der Waals surface area (Å²) in [7, 11) is 0. The first-order valence-corrected chi connectivity index (χ1v) is 21.4. The summed E-state index contributed by atoms with van der Waals surface area (Å²) >= 11 is 0. The van der Waals surface area contributed by atoms with Gasteiger partial charge < -0.3 is 23.4 Å². The molecule has 4 aliphatic rings. The number of hydrogen-bond acceptors (Lipinski definition) is 7. The van der Waals surface area contributed by atoms with E-state index in [9.17, 15) is 9.59 Å². The Morgan fingerprint density at radius 1 is 0.909 bits per heavy atom. The standard InChI is InChI=1S/C48H64O7/c1-8-51-35-14-16-36(17-15-35)55-46-32(5)53-43-27-37(18-20-40(43)45(46)50)52-29-44(49)54-38-22-25-48(7)34(26-38)13-19-39-41-21-12-33(31(4)11-9-10-30(2)3)28-47(41,6)24-23-42(39)48/h13-18,20,27,30-31,33,38-39,41-42H,8-12,19,21-26,28-29H2,1-7H3/t31-,33+,38-,39+,41-,42+,47-,48+/m1/s1. The first-order valence-electron chi connectivity index (χ1n) is 21.4. The molecule has 0 radical (unpaired) electrons. The Morgan fingerprint density at radius 2 is 1.67 bits per heavy atom. The van der Waals surface area contributed by atoms with Gasteiger partial charge in [0.1, 0.15) is 34.7 Å². The average molecular weight is 753 g/mol. The number of hydrogen-bond donors (Lipinski definition) is 0. The highest BCUT2D eigenvalue weighted by atomic mass is 16.6. The van der Waals surface area contributed by atoms with Crippen molar-refractivity contribution in [2.24, 2.45) is 46.3 Å². The van der Waals surface area contributed by atoms with Crippen LogP contribution in [0.15, 0.2) is 63.3 Å². The topological polar surface area (TPSA) is 84.2 Å². The largest absolute Gasteiger partial charge is 0.494 e. The smallest absolute Gasteiger partial charge is 0.344 e. The van der Waals surface area contributed by atoms with Gasteiger partial charge in [-0.3, -0.25) is 4.79 Å². The molecule has 3 fully saturated rings. The molecular weight excluding hydrogens is 689 g/mol. The lowest BCUT2D eigenvalue weighted by Gasteiger charge is -2.61. The predicted molar refractivity (Wildman–Crippen MR) is 218 cm³/mol. The SMILES string of the molecule is CCOc1ccc(Oc2c(C)oc3cc(OCC(=O)O[C@@H]4CC[C@@]5(C)C(=CC[C@H]6[C@H]7CC[C@H]([C@H](C)CCCC(C)C)C[C@@]7(C)CC[C@@H]65)C4)ccc3c2=O)cc1. The van der Waals surface area contributed by atoms with E-state index >= 15 is 0 Å². The molecule has 2 aromatic carbocycles. The van der Waals surface area contributed by atoms with E-state index in [2.05, 4.69) is 40.7 Å². The average Bonchev–Trinajstić information content (AvgIpc) is 3.15. The maximum absolute atomic E-state index is 13.3. The molecule has 55 heavy (non-hydrogen) atoms. The molecule has 0 spiro atoms. The number of fused-ring (bicyclic) bond motifs is 6. The van der Waals surface area contributed by atoms with E-state index in [4.69, 9.17) is 23.4 Å². The lowest BCUT2D eigenvalue weighted by Crippen LogP contribution is -2.52. The number of benzene rings is 2. The Bertz CT molecular complexity index is 1910.